The Labute approximate surface area is 96.5 Å². The molecule has 6 heteroatoms. The van der Waals surface area contributed by atoms with Crippen molar-refractivity contribution in [1.29, 1.82) is 0 Å². The van der Waals surface area contributed by atoms with Crippen LogP contribution in [0.4, 0.5) is 0 Å². The van der Waals surface area contributed by atoms with Crippen LogP contribution in [0, 0.1) is 0 Å². The largest absolute Gasteiger partial charge is 0.359 e. The predicted octanol–water partition coefficient (Wildman–Crippen LogP) is 0.728. The Morgan fingerprint density at radius 2 is 2.29 bits per heavy atom. The maximum Gasteiger partial charge on any atom is 0.224 e. The molecule has 0 bridgehead atoms. The summed E-state index contributed by atoms with van der Waals surface area (Å²) in [4.78, 5) is 26.0. The summed E-state index contributed by atoms with van der Waals surface area (Å²) in [6.07, 6.45) is 5.48. The quantitative estimate of drug-likeness (QED) is 0.605. The Balaban J connectivity index is 2.24. The Kier molecular flexibility index (Phi) is 2.07. The van der Waals surface area contributed by atoms with Crippen molar-refractivity contribution >= 4 is 28.0 Å². The van der Waals surface area contributed by atoms with Crippen LogP contribution in [0.1, 0.15) is 5.56 Å². The van der Waals surface area contributed by atoms with Crippen LogP contribution in [-0.2, 0) is 11.2 Å². The van der Waals surface area contributed by atoms with Crippen LogP contribution in [0.2, 0.25) is 0 Å². The van der Waals surface area contributed by atoms with E-state index in [4.69, 9.17) is 0 Å². The fourth-order valence-electron chi connectivity index (χ4n) is 1.95. The number of hydrogen-bond acceptors (Lipinski definition) is 3. The second kappa shape index (κ2) is 3.58. The van der Waals surface area contributed by atoms with Crippen molar-refractivity contribution in [2.75, 3.05) is 7.05 Å². The average Bonchev–Trinajstić information content (AvgIpc) is 2.94. The van der Waals surface area contributed by atoms with E-state index in [0.717, 1.165) is 27.6 Å². The number of H-pyrrole nitrogens is 2. The summed E-state index contributed by atoms with van der Waals surface area (Å²) in [5.41, 5.74) is 3.37. The first kappa shape index (κ1) is 9.83. The molecule has 0 aliphatic heterocycles. The lowest BCUT2D eigenvalue weighted by molar-refractivity contribution is -0.119. The van der Waals surface area contributed by atoms with Crippen molar-refractivity contribution in [2.45, 2.75) is 6.42 Å². The van der Waals surface area contributed by atoms with Gasteiger partial charge in [-0.1, -0.05) is 0 Å². The molecule has 0 atom stereocenters. The maximum absolute atomic E-state index is 11.4. The van der Waals surface area contributed by atoms with Crippen LogP contribution < -0.4 is 5.32 Å². The highest BCUT2D eigenvalue weighted by atomic mass is 16.1. The van der Waals surface area contributed by atoms with Gasteiger partial charge in [0.1, 0.15) is 11.2 Å². The normalized spacial score (nSPS) is 11.1. The number of nitrogens with zero attached hydrogens (tertiary/aromatic N) is 2. The van der Waals surface area contributed by atoms with Gasteiger partial charge >= 0.3 is 0 Å². The number of likely N-dealkylation sites (N-methyl/N-ethyl adjacent to an activating group) is 1. The summed E-state index contributed by atoms with van der Waals surface area (Å²) >= 11 is 0. The zero-order valence-corrected chi connectivity index (χ0v) is 9.24. The van der Waals surface area contributed by atoms with E-state index in [9.17, 15) is 4.79 Å². The summed E-state index contributed by atoms with van der Waals surface area (Å²) in [5, 5.41) is 3.52. The molecule has 3 heterocycles. The Hall–Kier alpha value is -2.37. The maximum atomic E-state index is 11.4. The number of fused-ring (bicyclic) bond motifs is 3. The zero-order chi connectivity index (χ0) is 11.8. The number of hydrogen-bond donors (Lipinski definition) is 3. The molecule has 6 nitrogen and oxygen atoms in total. The van der Waals surface area contributed by atoms with Crippen LogP contribution >= 0.6 is 0 Å². The van der Waals surface area contributed by atoms with Gasteiger partial charge in [-0.3, -0.25) is 4.79 Å². The molecule has 86 valence electrons. The number of carbonyl (C=O) groups excluding carboxylic acids is 1. The topological polar surface area (TPSA) is 86.5 Å². The number of imidazole rings is 1. The molecule has 3 N–H and O–H groups in total. The zero-order valence-electron chi connectivity index (χ0n) is 9.24. The summed E-state index contributed by atoms with van der Waals surface area (Å²) in [6, 6.07) is 0. The molecule has 0 saturated heterocycles. The minimum Gasteiger partial charge on any atom is -0.359 e. The van der Waals surface area contributed by atoms with Gasteiger partial charge in [-0.25, -0.2) is 9.97 Å². The Morgan fingerprint density at radius 1 is 1.41 bits per heavy atom. The minimum absolute atomic E-state index is 0.0292. The fraction of sp³-hybridized carbons (Fsp3) is 0.182. The molecule has 0 aliphatic carbocycles. The third-order valence-electron chi connectivity index (χ3n) is 2.80. The van der Waals surface area contributed by atoms with Crippen LogP contribution in [0.5, 0.6) is 0 Å². The van der Waals surface area contributed by atoms with E-state index in [1.807, 2.05) is 0 Å². The van der Waals surface area contributed by atoms with Gasteiger partial charge in [0.15, 0.2) is 0 Å². The highest BCUT2D eigenvalue weighted by molar-refractivity contribution is 6.03. The van der Waals surface area contributed by atoms with Crippen molar-refractivity contribution in [3.63, 3.8) is 0 Å². The third-order valence-corrected chi connectivity index (χ3v) is 2.80. The second-order valence-corrected chi connectivity index (χ2v) is 3.81. The standard InChI is InChI=1S/C11H11N5O/c1-12-8(17)2-6-3-13-11-9(6)10-7(4-14-11)15-5-16-10/h3-5H,2H2,1H3,(H,12,17)(H,13,14)(H,15,16). The number of pyridine rings is 1. The molecule has 0 radical (unpaired) electrons. The molecule has 0 aromatic carbocycles. The molecule has 0 unspecified atom stereocenters. The number of nitrogens with one attached hydrogen (secondary N) is 3. The highest BCUT2D eigenvalue weighted by Crippen LogP contribution is 2.24. The van der Waals surface area contributed by atoms with E-state index >= 15 is 0 Å². The summed E-state index contributed by atoms with van der Waals surface area (Å²) < 4.78 is 0. The summed E-state index contributed by atoms with van der Waals surface area (Å²) in [5.74, 6) is -0.0292. The molecular formula is C11H11N5O. The van der Waals surface area contributed by atoms with Crippen LogP contribution in [0.25, 0.3) is 22.1 Å². The first-order chi connectivity index (χ1) is 8.29. The summed E-state index contributed by atoms with van der Waals surface area (Å²) in [7, 11) is 1.62. The average molecular weight is 229 g/mol. The van der Waals surface area contributed by atoms with Gasteiger partial charge in [-0.15, -0.1) is 0 Å². The lowest BCUT2D eigenvalue weighted by Gasteiger charge is -1.98. The first-order valence-electron chi connectivity index (χ1n) is 5.28. The molecular weight excluding hydrogens is 218 g/mol. The lowest BCUT2D eigenvalue weighted by atomic mass is 10.1. The molecule has 0 saturated carbocycles. The summed E-state index contributed by atoms with van der Waals surface area (Å²) in [6.45, 7) is 0. The van der Waals surface area contributed by atoms with Crippen LogP contribution in [0.15, 0.2) is 18.7 Å². The number of amides is 1. The second-order valence-electron chi connectivity index (χ2n) is 3.81. The van der Waals surface area contributed by atoms with E-state index in [1.54, 1.807) is 25.8 Å². The van der Waals surface area contributed by atoms with Gasteiger partial charge in [0.05, 0.1) is 29.8 Å². The van der Waals surface area contributed by atoms with E-state index in [2.05, 4.69) is 25.3 Å². The first-order valence-corrected chi connectivity index (χ1v) is 5.28. The van der Waals surface area contributed by atoms with Crippen molar-refractivity contribution in [1.82, 2.24) is 25.3 Å². The molecule has 0 spiro atoms. The van der Waals surface area contributed by atoms with Crippen molar-refractivity contribution in [3.8, 4) is 0 Å². The smallest absolute Gasteiger partial charge is 0.224 e. The van der Waals surface area contributed by atoms with Gasteiger partial charge in [0.2, 0.25) is 5.91 Å². The molecule has 0 fully saturated rings. The van der Waals surface area contributed by atoms with Gasteiger partial charge < -0.3 is 15.3 Å². The van der Waals surface area contributed by atoms with E-state index in [1.165, 1.54) is 0 Å². The van der Waals surface area contributed by atoms with E-state index < -0.39 is 0 Å². The van der Waals surface area contributed by atoms with Gasteiger partial charge in [0.25, 0.3) is 0 Å². The van der Waals surface area contributed by atoms with Crippen molar-refractivity contribution in [2.24, 2.45) is 0 Å². The Morgan fingerprint density at radius 3 is 3.12 bits per heavy atom. The molecule has 3 rings (SSSR count). The van der Waals surface area contributed by atoms with Crippen molar-refractivity contribution < 1.29 is 4.79 Å². The van der Waals surface area contributed by atoms with Gasteiger partial charge in [-0.05, 0) is 5.56 Å². The van der Waals surface area contributed by atoms with E-state index in [-0.39, 0.29) is 5.91 Å². The van der Waals surface area contributed by atoms with Gasteiger partial charge in [-0.2, -0.15) is 0 Å². The van der Waals surface area contributed by atoms with E-state index in [0.29, 0.717) is 6.42 Å². The predicted molar refractivity (Wildman–Crippen MR) is 63.5 cm³/mol. The SMILES string of the molecule is CNC(=O)Cc1c[nH]c2ncc3[nH]cnc3c12. The van der Waals surface area contributed by atoms with Crippen LogP contribution in [0.3, 0.4) is 0 Å². The number of aromatic nitrogens is 4. The van der Waals surface area contributed by atoms with Crippen molar-refractivity contribution in [3.05, 3.63) is 24.3 Å². The minimum atomic E-state index is -0.0292. The monoisotopic (exact) mass is 229 g/mol. The lowest BCUT2D eigenvalue weighted by Crippen LogP contribution is -2.19. The van der Waals surface area contributed by atoms with Gasteiger partial charge in [0, 0.05) is 13.2 Å². The molecule has 3 aromatic rings. The molecule has 17 heavy (non-hydrogen) atoms. The van der Waals surface area contributed by atoms with Crippen LogP contribution in [-0.4, -0.2) is 32.9 Å². The fourth-order valence-corrected chi connectivity index (χ4v) is 1.95. The number of aromatic amines is 2. The Bertz CT molecular complexity index is 696. The number of rotatable bonds is 2. The third kappa shape index (κ3) is 1.45. The molecule has 0 aliphatic rings. The molecule has 3 aromatic heterocycles. The highest BCUT2D eigenvalue weighted by Gasteiger charge is 2.12. The number of carbonyl (C=O) groups is 1. The molecule has 1 amide bonds.